The molecule has 1 aliphatic heterocycles. The first-order chi connectivity index (χ1) is 21.1. The minimum Gasteiger partial charge on any atom is -0.457 e. The van der Waals surface area contributed by atoms with Crippen LogP contribution in [0.5, 0.6) is 0 Å². The second-order valence-electron chi connectivity index (χ2n) is 11.4. The molecule has 44 heavy (non-hydrogen) atoms. The summed E-state index contributed by atoms with van der Waals surface area (Å²) in [5.74, 6) is -0.415. The van der Waals surface area contributed by atoms with Crippen LogP contribution in [-0.4, -0.2) is 97.5 Å². The summed E-state index contributed by atoms with van der Waals surface area (Å²) < 4.78 is 58.3. The Kier molecular flexibility index (Phi) is 23.2. The number of ether oxygens (including phenoxy) is 4. The van der Waals surface area contributed by atoms with Crippen molar-refractivity contribution in [3.8, 4) is 0 Å². The number of carbonyl (C=O) groups is 1. The molecule has 0 amide bonds. The van der Waals surface area contributed by atoms with Gasteiger partial charge in [0, 0.05) is 13.0 Å². The van der Waals surface area contributed by atoms with E-state index in [1.54, 1.807) is 0 Å². The number of unbranched alkanes of at least 4 members (excludes halogenated alkanes) is 12. The number of carbonyl (C=O) groups excluding carboxylic acids is 1. The molecule has 0 aromatic heterocycles. The molecule has 0 aromatic rings. The van der Waals surface area contributed by atoms with Crippen molar-refractivity contribution in [1.82, 2.24) is 0 Å². The summed E-state index contributed by atoms with van der Waals surface area (Å²) in [4.78, 5) is 12.6. The van der Waals surface area contributed by atoms with Crippen molar-refractivity contribution >= 4 is 16.4 Å². The fourth-order valence-electron chi connectivity index (χ4n) is 4.83. The van der Waals surface area contributed by atoms with Gasteiger partial charge in [-0.15, -0.1) is 0 Å². The Morgan fingerprint density at radius 1 is 0.841 bits per heavy atom. The van der Waals surface area contributed by atoms with Crippen LogP contribution in [-0.2, 0) is 38.3 Å². The maximum Gasteiger partial charge on any atom is 0.397 e. The van der Waals surface area contributed by atoms with Gasteiger partial charge in [0.25, 0.3) is 0 Å². The highest BCUT2D eigenvalue weighted by molar-refractivity contribution is 7.80. The van der Waals surface area contributed by atoms with E-state index in [-0.39, 0.29) is 19.6 Å². The first-order valence-corrected chi connectivity index (χ1v) is 17.8. The Bertz CT molecular complexity index is 853. The van der Waals surface area contributed by atoms with Crippen LogP contribution >= 0.6 is 0 Å². The van der Waals surface area contributed by atoms with E-state index in [0.717, 1.165) is 57.8 Å². The van der Waals surface area contributed by atoms with Crippen molar-refractivity contribution in [2.45, 2.75) is 153 Å². The maximum atomic E-state index is 12.6. The molecule has 1 heterocycles. The average Bonchev–Trinajstić information content (AvgIpc) is 2.98. The van der Waals surface area contributed by atoms with E-state index in [1.165, 1.54) is 32.1 Å². The molecular weight excluding hydrogens is 596 g/mol. The first-order valence-electron chi connectivity index (χ1n) is 16.4. The van der Waals surface area contributed by atoms with Crippen molar-refractivity contribution in [1.29, 1.82) is 0 Å². The minimum atomic E-state index is -5.04. The van der Waals surface area contributed by atoms with Gasteiger partial charge in [-0.1, -0.05) is 90.2 Å². The molecule has 0 saturated carbocycles. The van der Waals surface area contributed by atoms with Gasteiger partial charge in [0.2, 0.25) is 0 Å². The van der Waals surface area contributed by atoms with Gasteiger partial charge < -0.3 is 34.3 Å². The first kappa shape index (κ1) is 40.9. The third-order valence-electron chi connectivity index (χ3n) is 7.39. The van der Waals surface area contributed by atoms with E-state index in [0.29, 0.717) is 13.0 Å². The third-order valence-corrected chi connectivity index (χ3v) is 7.85. The second kappa shape index (κ2) is 25.0. The monoisotopic (exact) mass is 654 g/mol. The summed E-state index contributed by atoms with van der Waals surface area (Å²) in [7, 11) is -5.04. The lowest BCUT2D eigenvalue weighted by atomic mass is 9.99. The summed E-state index contributed by atoms with van der Waals surface area (Å²) in [5.41, 5.74) is 0. The Hall–Kier alpha value is -1.16. The molecule has 0 spiro atoms. The van der Waals surface area contributed by atoms with Crippen LogP contribution in [0.3, 0.4) is 0 Å². The maximum absolute atomic E-state index is 12.6. The molecule has 1 rings (SSSR count). The second-order valence-corrected chi connectivity index (χ2v) is 12.5. The predicted octanol–water partition coefficient (Wildman–Crippen LogP) is 4.40. The largest absolute Gasteiger partial charge is 0.457 e. The van der Waals surface area contributed by atoms with Crippen LogP contribution in [0.15, 0.2) is 12.2 Å². The highest BCUT2D eigenvalue weighted by Gasteiger charge is 2.48. The highest BCUT2D eigenvalue weighted by atomic mass is 32.3. The molecule has 6 unspecified atom stereocenters. The van der Waals surface area contributed by atoms with Gasteiger partial charge in [-0.2, -0.15) is 8.42 Å². The van der Waals surface area contributed by atoms with Gasteiger partial charge in [-0.25, -0.2) is 4.18 Å². The van der Waals surface area contributed by atoms with Crippen LogP contribution in [0.4, 0.5) is 0 Å². The lowest BCUT2D eigenvalue weighted by Gasteiger charge is -2.41. The minimum absolute atomic E-state index is 0.0340. The molecule has 13 heteroatoms. The fraction of sp³-hybridized carbons (Fsp3) is 0.903. The SMILES string of the molecule is CCCC/C=C\CCCCCCCC(=O)OC(COCCCCCCCC)COC1OC(CO)C(O)C(OS(=O)(=O)O)C1O. The third kappa shape index (κ3) is 19.4. The number of hydrogen-bond acceptors (Lipinski definition) is 11. The quantitative estimate of drug-likeness (QED) is 0.0425. The van der Waals surface area contributed by atoms with Crippen LogP contribution in [0, 0.1) is 0 Å². The van der Waals surface area contributed by atoms with Crippen molar-refractivity contribution < 1.29 is 56.2 Å². The van der Waals surface area contributed by atoms with Crippen LogP contribution in [0.1, 0.15) is 117 Å². The van der Waals surface area contributed by atoms with E-state index in [9.17, 15) is 28.5 Å². The zero-order valence-corrected chi connectivity index (χ0v) is 27.5. The van der Waals surface area contributed by atoms with Crippen molar-refractivity contribution in [2.24, 2.45) is 0 Å². The van der Waals surface area contributed by atoms with E-state index in [4.69, 9.17) is 23.5 Å². The van der Waals surface area contributed by atoms with Gasteiger partial charge in [0.05, 0.1) is 19.8 Å². The summed E-state index contributed by atoms with van der Waals surface area (Å²) in [6.07, 6.45) is 11.5. The number of aliphatic hydroxyl groups excluding tert-OH is 3. The predicted molar refractivity (Wildman–Crippen MR) is 165 cm³/mol. The van der Waals surface area contributed by atoms with Gasteiger partial charge in [0.15, 0.2) is 6.29 Å². The van der Waals surface area contributed by atoms with Crippen LogP contribution < -0.4 is 0 Å². The lowest BCUT2D eigenvalue weighted by molar-refractivity contribution is -0.301. The Labute approximate surface area is 264 Å². The Morgan fingerprint density at radius 2 is 1.45 bits per heavy atom. The Morgan fingerprint density at radius 3 is 2.11 bits per heavy atom. The van der Waals surface area contributed by atoms with E-state index in [1.807, 2.05) is 0 Å². The summed E-state index contributed by atoms with van der Waals surface area (Å²) >= 11 is 0. The lowest BCUT2D eigenvalue weighted by Crippen LogP contribution is -2.60. The van der Waals surface area contributed by atoms with E-state index in [2.05, 4.69) is 30.2 Å². The molecular formula is C31H58O12S. The molecule has 0 bridgehead atoms. The number of esters is 1. The number of hydrogen-bond donors (Lipinski definition) is 4. The molecule has 260 valence electrons. The standard InChI is InChI=1S/C31H58O12S/c1-3-5-7-9-11-12-13-14-15-16-18-20-27(33)41-25(23-39-21-19-17-10-8-6-4-2)24-40-31-29(35)30(43-44(36,37)38)28(34)26(22-32)42-31/h9,11,25-26,28-32,34-35H,3-8,10,12-24H2,1-2H3,(H,36,37,38)/b11-9-. The van der Waals surface area contributed by atoms with Crippen LogP contribution in [0.2, 0.25) is 0 Å². The van der Waals surface area contributed by atoms with Gasteiger partial charge in [-0.3, -0.25) is 9.35 Å². The topological polar surface area (TPSA) is 178 Å². The molecule has 0 aromatic carbocycles. The molecule has 12 nitrogen and oxygen atoms in total. The smallest absolute Gasteiger partial charge is 0.397 e. The van der Waals surface area contributed by atoms with Crippen LogP contribution in [0.25, 0.3) is 0 Å². The number of rotatable bonds is 27. The van der Waals surface area contributed by atoms with E-state index < -0.39 is 59.8 Å². The average molecular weight is 655 g/mol. The number of aliphatic hydroxyl groups is 3. The summed E-state index contributed by atoms with van der Waals surface area (Å²) in [5, 5.41) is 30.3. The zero-order valence-electron chi connectivity index (χ0n) is 26.7. The van der Waals surface area contributed by atoms with Crippen molar-refractivity contribution in [2.75, 3.05) is 26.4 Å². The van der Waals surface area contributed by atoms with E-state index >= 15 is 0 Å². The molecule has 1 saturated heterocycles. The van der Waals surface area contributed by atoms with Crippen molar-refractivity contribution in [3.05, 3.63) is 12.2 Å². The number of allylic oxidation sites excluding steroid dienone is 2. The molecule has 0 aliphatic carbocycles. The summed E-state index contributed by atoms with van der Waals surface area (Å²) in [6, 6.07) is 0. The molecule has 0 radical (unpaired) electrons. The van der Waals surface area contributed by atoms with Gasteiger partial charge in [-0.05, 0) is 32.1 Å². The highest BCUT2D eigenvalue weighted by Crippen LogP contribution is 2.26. The van der Waals surface area contributed by atoms with Gasteiger partial charge >= 0.3 is 16.4 Å². The Balaban J connectivity index is 2.58. The van der Waals surface area contributed by atoms with Crippen molar-refractivity contribution in [3.63, 3.8) is 0 Å². The molecule has 6 atom stereocenters. The molecule has 1 aliphatic rings. The zero-order chi connectivity index (χ0) is 32.6. The fourth-order valence-corrected chi connectivity index (χ4v) is 5.34. The molecule has 4 N–H and O–H groups in total. The molecule has 1 fully saturated rings. The summed E-state index contributed by atoms with van der Waals surface area (Å²) in [6.45, 7) is 3.83. The normalized spacial score (nSPS) is 23.3. The van der Waals surface area contributed by atoms with Gasteiger partial charge in [0.1, 0.15) is 30.5 Å².